The Bertz CT molecular complexity index is 1200. The second-order valence-electron chi connectivity index (χ2n) is 7.05. The van der Waals surface area contributed by atoms with Crippen LogP contribution in [0.15, 0.2) is 95.0 Å². The smallest absolute Gasteiger partial charge is 0.351 e. The van der Waals surface area contributed by atoms with Crippen LogP contribution in [0.2, 0.25) is 5.02 Å². The maximum atomic E-state index is 11.3. The van der Waals surface area contributed by atoms with Gasteiger partial charge in [-0.15, -0.1) is 0 Å². The molecule has 0 aliphatic carbocycles. The van der Waals surface area contributed by atoms with Gasteiger partial charge in [0, 0.05) is 10.6 Å². The van der Waals surface area contributed by atoms with Gasteiger partial charge in [-0.05, 0) is 67.1 Å². The molecular weight excluding hydrogens is 426 g/mol. The fourth-order valence-corrected chi connectivity index (χ4v) is 3.25. The summed E-state index contributed by atoms with van der Waals surface area (Å²) in [5, 5.41) is 15.6. The minimum atomic E-state index is -1.08. The number of nitrogens with zero attached hydrogens (tertiary/aromatic N) is 3. The maximum absolute atomic E-state index is 11.3. The second kappa shape index (κ2) is 9.49. The first-order chi connectivity index (χ1) is 15.5. The van der Waals surface area contributed by atoms with Gasteiger partial charge in [0.25, 0.3) is 0 Å². The van der Waals surface area contributed by atoms with Crippen molar-refractivity contribution < 1.29 is 14.6 Å². The lowest BCUT2D eigenvalue weighted by Crippen LogP contribution is -2.25. The molecule has 6 nitrogen and oxygen atoms in total. The average molecular weight is 446 g/mol. The first-order valence-electron chi connectivity index (χ1n) is 9.91. The van der Waals surface area contributed by atoms with Gasteiger partial charge in [0.05, 0.1) is 11.4 Å². The van der Waals surface area contributed by atoms with Crippen LogP contribution in [0.3, 0.4) is 0 Å². The van der Waals surface area contributed by atoms with Gasteiger partial charge >= 0.3 is 5.97 Å². The molecule has 3 aromatic carbocycles. The number of hydrogen-bond acceptors (Lipinski definition) is 5. The number of aliphatic imine (C=N–C) groups is 1. The number of hydrogen-bond donors (Lipinski definition) is 1. The summed E-state index contributed by atoms with van der Waals surface area (Å²) in [6.07, 6.45) is 1.89. The van der Waals surface area contributed by atoms with Gasteiger partial charge in [-0.3, -0.25) is 4.99 Å². The summed E-state index contributed by atoms with van der Waals surface area (Å²) >= 11 is 6.04. The van der Waals surface area contributed by atoms with E-state index < -0.39 is 5.97 Å². The molecule has 3 aromatic rings. The number of para-hydroxylation sites is 1. The molecule has 160 valence electrons. The van der Waals surface area contributed by atoms with Crippen molar-refractivity contribution in [1.29, 1.82) is 0 Å². The van der Waals surface area contributed by atoms with Crippen molar-refractivity contribution in [2.75, 3.05) is 6.67 Å². The van der Waals surface area contributed by atoms with Gasteiger partial charge in [-0.1, -0.05) is 41.9 Å². The van der Waals surface area contributed by atoms with Crippen molar-refractivity contribution in [3.05, 3.63) is 101 Å². The Morgan fingerprint density at radius 1 is 0.969 bits per heavy atom. The van der Waals surface area contributed by atoms with E-state index in [4.69, 9.17) is 16.3 Å². The van der Waals surface area contributed by atoms with E-state index in [-0.39, 0.29) is 12.4 Å². The zero-order chi connectivity index (χ0) is 22.5. The zero-order valence-electron chi connectivity index (χ0n) is 17.3. The molecule has 0 unspecified atom stereocenters. The van der Waals surface area contributed by atoms with Crippen LogP contribution in [-0.4, -0.2) is 34.2 Å². The van der Waals surface area contributed by atoms with Crippen LogP contribution in [0.4, 0.5) is 0 Å². The quantitative estimate of drug-likeness (QED) is 0.494. The van der Waals surface area contributed by atoms with Crippen LogP contribution in [0.5, 0.6) is 11.5 Å². The molecule has 0 radical (unpaired) electrons. The third kappa shape index (κ3) is 5.04. The molecule has 0 saturated heterocycles. The van der Waals surface area contributed by atoms with E-state index in [0.29, 0.717) is 5.02 Å². The highest BCUT2D eigenvalue weighted by Gasteiger charge is 2.19. The molecule has 1 N–H and O–H groups in total. The second-order valence-corrected chi connectivity index (χ2v) is 7.49. The van der Waals surface area contributed by atoms with E-state index in [0.717, 1.165) is 34.0 Å². The number of rotatable bonds is 6. The van der Waals surface area contributed by atoms with Crippen LogP contribution in [0.1, 0.15) is 18.1 Å². The summed E-state index contributed by atoms with van der Waals surface area (Å²) in [7, 11) is 0. The third-order valence-electron chi connectivity index (χ3n) is 4.78. The SMILES string of the molecule is C/C(=N\N1CN=C(c2ccc(Oc3ccccc3)cc2)C=C1c1ccc(Cl)cc1)C(=O)O. The van der Waals surface area contributed by atoms with Crippen molar-refractivity contribution in [2.24, 2.45) is 10.1 Å². The number of halogens is 1. The summed E-state index contributed by atoms with van der Waals surface area (Å²) in [6.45, 7) is 1.64. The number of carboxylic acids is 1. The van der Waals surface area contributed by atoms with Crippen molar-refractivity contribution in [3.8, 4) is 11.5 Å². The highest BCUT2D eigenvalue weighted by Crippen LogP contribution is 2.27. The lowest BCUT2D eigenvalue weighted by molar-refractivity contribution is -0.129. The van der Waals surface area contributed by atoms with Crippen LogP contribution >= 0.6 is 11.6 Å². The standard InChI is InChI=1S/C25H20ClN3O3/c1-17(25(30)31)28-29-16-27-23(15-24(29)19-7-11-20(26)12-8-19)18-9-13-22(14-10-18)32-21-5-3-2-4-6-21/h2-15H,16H2,1H3,(H,30,31)/b28-17+. The summed E-state index contributed by atoms with van der Waals surface area (Å²) < 4.78 is 5.86. The van der Waals surface area contributed by atoms with Gasteiger partial charge in [-0.2, -0.15) is 5.10 Å². The first-order valence-corrected chi connectivity index (χ1v) is 10.3. The Hall–Kier alpha value is -3.90. The molecule has 1 heterocycles. The molecule has 1 aliphatic rings. The Morgan fingerprint density at radius 3 is 2.25 bits per heavy atom. The zero-order valence-corrected chi connectivity index (χ0v) is 18.0. The molecule has 0 spiro atoms. The van der Waals surface area contributed by atoms with Crippen molar-refractivity contribution in [3.63, 3.8) is 0 Å². The topological polar surface area (TPSA) is 74.5 Å². The first kappa shape index (κ1) is 21.3. The summed E-state index contributed by atoms with van der Waals surface area (Å²) in [4.78, 5) is 15.9. The van der Waals surface area contributed by atoms with Crippen molar-refractivity contribution in [1.82, 2.24) is 5.01 Å². The molecule has 0 atom stereocenters. The summed E-state index contributed by atoms with van der Waals surface area (Å²) in [6, 6.07) is 24.5. The molecule has 0 fully saturated rings. The Kier molecular flexibility index (Phi) is 6.33. The lowest BCUT2D eigenvalue weighted by atomic mass is 10.0. The van der Waals surface area contributed by atoms with E-state index in [9.17, 15) is 9.90 Å². The highest BCUT2D eigenvalue weighted by molar-refractivity contribution is 6.34. The van der Waals surface area contributed by atoms with E-state index in [2.05, 4.69) is 10.1 Å². The van der Waals surface area contributed by atoms with E-state index in [1.165, 1.54) is 6.92 Å². The van der Waals surface area contributed by atoms with E-state index in [1.807, 2.05) is 72.8 Å². The lowest BCUT2D eigenvalue weighted by Gasteiger charge is -2.25. The monoisotopic (exact) mass is 445 g/mol. The number of aliphatic carboxylic acids is 1. The number of benzene rings is 3. The minimum Gasteiger partial charge on any atom is -0.477 e. The number of allylic oxidation sites excluding steroid dienone is 1. The van der Waals surface area contributed by atoms with Crippen LogP contribution in [0.25, 0.3) is 5.70 Å². The van der Waals surface area contributed by atoms with Gasteiger partial charge < -0.3 is 9.84 Å². The molecule has 1 aliphatic heterocycles. The molecule has 0 bridgehead atoms. The maximum Gasteiger partial charge on any atom is 0.351 e. The predicted octanol–water partition coefficient (Wildman–Crippen LogP) is 5.70. The molecule has 0 aromatic heterocycles. The highest BCUT2D eigenvalue weighted by atomic mass is 35.5. The molecule has 7 heteroatoms. The number of carbonyl (C=O) groups is 1. The Balaban J connectivity index is 1.63. The molecule has 0 saturated carbocycles. The van der Waals surface area contributed by atoms with Crippen LogP contribution < -0.4 is 4.74 Å². The van der Waals surface area contributed by atoms with Crippen molar-refractivity contribution >= 4 is 34.7 Å². The molecular formula is C25H20ClN3O3. The number of hydrazone groups is 1. The average Bonchev–Trinajstić information content (AvgIpc) is 2.81. The van der Waals surface area contributed by atoms with Gasteiger partial charge in [0.15, 0.2) is 0 Å². The van der Waals surface area contributed by atoms with Gasteiger partial charge in [0.2, 0.25) is 0 Å². The van der Waals surface area contributed by atoms with E-state index in [1.54, 1.807) is 17.1 Å². The number of carboxylic acid groups (broad SMARTS) is 1. The molecule has 4 rings (SSSR count). The minimum absolute atomic E-state index is 0.0223. The fraction of sp³-hybridized carbons (Fsp3) is 0.0800. The fourth-order valence-electron chi connectivity index (χ4n) is 3.12. The predicted molar refractivity (Wildman–Crippen MR) is 126 cm³/mol. The largest absolute Gasteiger partial charge is 0.477 e. The van der Waals surface area contributed by atoms with Crippen molar-refractivity contribution in [2.45, 2.75) is 6.92 Å². The summed E-state index contributed by atoms with van der Waals surface area (Å²) in [5.74, 6) is 0.410. The molecule has 0 amide bonds. The number of ether oxygens (including phenoxy) is 1. The normalized spacial score (nSPS) is 13.9. The van der Waals surface area contributed by atoms with E-state index >= 15 is 0 Å². The van der Waals surface area contributed by atoms with Gasteiger partial charge in [0.1, 0.15) is 23.9 Å². The Labute approximate surface area is 190 Å². The summed E-state index contributed by atoms with van der Waals surface area (Å²) in [5.41, 5.74) is 3.24. The van der Waals surface area contributed by atoms with Crippen LogP contribution in [0, 0.1) is 0 Å². The van der Waals surface area contributed by atoms with Gasteiger partial charge in [-0.25, -0.2) is 9.80 Å². The van der Waals surface area contributed by atoms with Crippen LogP contribution in [-0.2, 0) is 4.79 Å². The molecule has 32 heavy (non-hydrogen) atoms. The third-order valence-corrected chi connectivity index (χ3v) is 5.03. The Morgan fingerprint density at radius 2 is 1.59 bits per heavy atom.